The van der Waals surface area contributed by atoms with Crippen LogP contribution in [-0.2, 0) is 0 Å². The quantitative estimate of drug-likeness (QED) is 0.884. The highest BCUT2D eigenvalue weighted by Crippen LogP contribution is 2.25. The molecule has 0 bridgehead atoms. The highest BCUT2D eigenvalue weighted by atomic mass is 16.3. The Bertz CT molecular complexity index is 495. The summed E-state index contributed by atoms with van der Waals surface area (Å²) in [5.74, 6) is 0.967. The Morgan fingerprint density at radius 1 is 1.21 bits per heavy atom. The lowest BCUT2D eigenvalue weighted by Gasteiger charge is -2.26. The molecule has 1 aliphatic carbocycles. The van der Waals surface area contributed by atoms with Gasteiger partial charge < -0.3 is 15.5 Å². The number of fused-ring (bicyclic) bond motifs is 1. The molecule has 0 saturated heterocycles. The van der Waals surface area contributed by atoms with Crippen LogP contribution in [0.1, 0.15) is 43.9 Å². The average Bonchev–Trinajstić information content (AvgIpc) is 2.89. The van der Waals surface area contributed by atoms with Crippen LogP contribution >= 0.6 is 0 Å². The third-order valence-electron chi connectivity index (χ3n) is 4.07. The monoisotopic (exact) mass is 258 g/mol. The van der Waals surface area contributed by atoms with Gasteiger partial charge in [0.25, 0.3) is 0 Å². The number of para-hydroxylation sites is 1. The predicted octanol–water partition coefficient (Wildman–Crippen LogP) is 3.35. The zero-order chi connectivity index (χ0) is 13.1. The van der Waals surface area contributed by atoms with Crippen LogP contribution in [0.5, 0.6) is 0 Å². The number of furan rings is 1. The lowest BCUT2D eigenvalue weighted by molar-refractivity contribution is 0.319. The lowest BCUT2D eigenvalue weighted by atomic mass is 9.94. The van der Waals surface area contributed by atoms with Crippen molar-refractivity contribution >= 4 is 11.0 Å². The summed E-state index contributed by atoms with van der Waals surface area (Å²) in [5.41, 5.74) is 6.87. The van der Waals surface area contributed by atoms with Gasteiger partial charge in [-0.05, 0) is 25.0 Å². The van der Waals surface area contributed by atoms with Gasteiger partial charge in [-0.1, -0.05) is 37.5 Å². The van der Waals surface area contributed by atoms with E-state index in [1.54, 1.807) is 0 Å². The lowest BCUT2D eigenvalue weighted by Crippen LogP contribution is -2.37. The normalized spacial score (nSPS) is 18.8. The number of hydrogen-bond acceptors (Lipinski definition) is 3. The van der Waals surface area contributed by atoms with E-state index in [0.717, 1.165) is 16.7 Å². The van der Waals surface area contributed by atoms with E-state index >= 15 is 0 Å². The highest BCUT2D eigenvalue weighted by Gasteiger charge is 2.20. The summed E-state index contributed by atoms with van der Waals surface area (Å²) in [4.78, 5) is 0. The van der Waals surface area contributed by atoms with Gasteiger partial charge in [0.2, 0.25) is 0 Å². The molecule has 3 nitrogen and oxygen atoms in total. The Balaban J connectivity index is 1.76. The molecule has 1 unspecified atom stereocenters. The molecule has 0 radical (unpaired) electrons. The van der Waals surface area contributed by atoms with Crippen LogP contribution in [-0.4, -0.2) is 12.6 Å². The van der Waals surface area contributed by atoms with Gasteiger partial charge in [0.15, 0.2) is 0 Å². The first-order chi connectivity index (χ1) is 9.36. The third kappa shape index (κ3) is 2.82. The Kier molecular flexibility index (Phi) is 3.85. The van der Waals surface area contributed by atoms with Crippen LogP contribution in [0, 0.1) is 0 Å². The Labute approximate surface area is 114 Å². The Hall–Kier alpha value is -1.32. The second kappa shape index (κ2) is 5.76. The molecule has 1 fully saturated rings. The first-order valence-corrected chi connectivity index (χ1v) is 7.31. The van der Waals surface area contributed by atoms with E-state index in [0.29, 0.717) is 12.6 Å². The minimum absolute atomic E-state index is 0.135. The van der Waals surface area contributed by atoms with Crippen LogP contribution in [0.15, 0.2) is 34.7 Å². The zero-order valence-electron chi connectivity index (χ0n) is 11.3. The van der Waals surface area contributed by atoms with Crippen molar-refractivity contribution in [3.63, 3.8) is 0 Å². The van der Waals surface area contributed by atoms with Crippen LogP contribution in [0.4, 0.5) is 0 Å². The van der Waals surface area contributed by atoms with Gasteiger partial charge in [0, 0.05) is 18.0 Å². The van der Waals surface area contributed by atoms with Gasteiger partial charge in [0.05, 0.1) is 6.04 Å². The van der Waals surface area contributed by atoms with Gasteiger partial charge >= 0.3 is 0 Å². The van der Waals surface area contributed by atoms with Crippen molar-refractivity contribution in [1.82, 2.24) is 5.32 Å². The van der Waals surface area contributed by atoms with Crippen molar-refractivity contribution in [3.8, 4) is 0 Å². The molecule has 1 heterocycles. The molecule has 1 aromatic carbocycles. The van der Waals surface area contributed by atoms with Crippen molar-refractivity contribution in [1.29, 1.82) is 0 Å². The SMILES string of the molecule is NCC(NC1CCCCC1)c1cc2ccccc2o1. The summed E-state index contributed by atoms with van der Waals surface area (Å²) in [6, 6.07) is 11.0. The van der Waals surface area contributed by atoms with Gasteiger partial charge in [-0.2, -0.15) is 0 Å². The molecule has 0 spiro atoms. The van der Waals surface area contributed by atoms with Crippen molar-refractivity contribution in [2.75, 3.05) is 6.54 Å². The number of hydrogen-bond donors (Lipinski definition) is 2. The van der Waals surface area contributed by atoms with E-state index in [-0.39, 0.29) is 6.04 Å². The van der Waals surface area contributed by atoms with E-state index in [9.17, 15) is 0 Å². The van der Waals surface area contributed by atoms with Gasteiger partial charge in [0.1, 0.15) is 11.3 Å². The summed E-state index contributed by atoms with van der Waals surface area (Å²) in [6.45, 7) is 0.580. The summed E-state index contributed by atoms with van der Waals surface area (Å²) < 4.78 is 5.92. The van der Waals surface area contributed by atoms with Crippen LogP contribution in [0.25, 0.3) is 11.0 Å². The molecule has 3 heteroatoms. The molecule has 1 saturated carbocycles. The van der Waals surface area contributed by atoms with E-state index in [1.165, 1.54) is 32.1 Å². The third-order valence-corrected chi connectivity index (χ3v) is 4.07. The van der Waals surface area contributed by atoms with Crippen LogP contribution in [0.3, 0.4) is 0 Å². The van der Waals surface area contributed by atoms with E-state index < -0.39 is 0 Å². The van der Waals surface area contributed by atoms with Crippen molar-refractivity contribution in [3.05, 3.63) is 36.1 Å². The largest absolute Gasteiger partial charge is 0.459 e. The predicted molar refractivity (Wildman–Crippen MR) is 78.0 cm³/mol. The minimum atomic E-state index is 0.135. The topological polar surface area (TPSA) is 51.2 Å². The summed E-state index contributed by atoms with van der Waals surface area (Å²) in [7, 11) is 0. The van der Waals surface area contributed by atoms with Gasteiger partial charge in [-0.15, -0.1) is 0 Å². The second-order valence-corrected chi connectivity index (χ2v) is 5.48. The Morgan fingerprint density at radius 3 is 2.74 bits per heavy atom. The number of nitrogens with one attached hydrogen (secondary N) is 1. The maximum Gasteiger partial charge on any atom is 0.134 e. The highest BCUT2D eigenvalue weighted by molar-refractivity contribution is 5.77. The molecular weight excluding hydrogens is 236 g/mol. The average molecular weight is 258 g/mol. The summed E-state index contributed by atoms with van der Waals surface area (Å²) >= 11 is 0. The van der Waals surface area contributed by atoms with Gasteiger partial charge in [-0.3, -0.25) is 0 Å². The molecule has 1 aromatic heterocycles. The first-order valence-electron chi connectivity index (χ1n) is 7.31. The minimum Gasteiger partial charge on any atom is -0.459 e. The summed E-state index contributed by atoms with van der Waals surface area (Å²) in [5, 5.41) is 4.82. The molecule has 3 N–H and O–H groups in total. The fourth-order valence-electron chi connectivity index (χ4n) is 2.99. The van der Waals surface area contributed by atoms with Crippen molar-refractivity contribution in [2.45, 2.75) is 44.2 Å². The van der Waals surface area contributed by atoms with E-state index in [4.69, 9.17) is 10.2 Å². The maximum absolute atomic E-state index is 5.92. The first kappa shape index (κ1) is 12.7. The van der Waals surface area contributed by atoms with Crippen LogP contribution < -0.4 is 11.1 Å². The van der Waals surface area contributed by atoms with Crippen molar-refractivity contribution in [2.24, 2.45) is 5.73 Å². The fraction of sp³-hybridized carbons (Fsp3) is 0.500. The molecule has 0 aliphatic heterocycles. The molecule has 19 heavy (non-hydrogen) atoms. The molecular formula is C16H22N2O. The van der Waals surface area contributed by atoms with Crippen molar-refractivity contribution < 1.29 is 4.42 Å². The van der Waals surface area contributed by atoms with E-state index in [1.807, 2.05) is 18.2 Å². The zero-order valence-corrected chi connectivity index (χ0v) is 11.3. The van der Waals surface area contributed by atoms with E-state index in [2.05, 4.69) is 17.4 Å². The smallest absolute Gasteiger partial charge is 0.134 e. The molecule has 1 aliphatic rings. The molecule has 0 amide bonds. The second-order valence-electron chi connectivity index (χ2n) is 5.48. The molecule has 3 rings (SSSR count). The van der Waals surface area contributed by atoms with Gasteiger partial charge in [-0.25, -0.2) is 0 Å². The molecule has 1 atom stereocenters. The number of benzene rings is 1. The molecule has 102 valence electrons. The fourth-order valence-corrected chi connectivity index (χ4v) is 2.99. The Morgan fingerprint density at radius 2 is 2.00 bits per heavy atom. The standard InChI is InChI=1S/C16H22N2O/c17-11-14(18-13-7-2-1-3-8-13)16-10-12-6-4-5-9-15(12)19-16/h4-6,9-10,13-14,18H,1-3,7-8,11,17H2. The van der Waals surface area contributed by atoms with Crippen LogP contribution in [0.2, 0.25) is 0 Å². The summed E-state index contributed by atoms with van der Waals surface area (Å²) in [6.07, 6.45) is 6.55. The number of rotatable bonds is 4. The number of nitrogens with two attached hydrogens (primary N) is 1. The maximum atomic E-state index is 5.92. The molecule has 2 aromatic rings.